The van der Waals surface area contributed by atoms with Crippen molar-refractivity contribution in [3.63, 3.8) is 0 Å². The maximum Gasteiger partial charge on any atom is 0.308 e. The molecule has 2 heterocycles. The van der Waals surface area contributed by atoms with Gasteiger partial charge in [0.25, 0.3) is 11.6 Å². The lowest BCUT2D eigenvalue weighted by Gasteiger charge is -2.36. The number of nitrogens with zero attached hydrogens (tertiary/aromatic N) is 4. The molecule has 1 aromatic heterocycles. The first-order valence-corrected chi connectivity index (χ1v) is 10.5. The minimum absolute atomic E-state index is 0.0503. The Labute approximate surface area is 184 Å². The number of aromatic nitrogens is 1. The van der Waals surface area contributed by atoms with Crippen LogP contribution in [0.25, 0.3) is 10.9 Å². The molecule has 32 heavy (non-hydrogen) atoms. The third kappa shape index (κ3) is 4.88. The lowest BCUT2D eigenvalue weighted by Crippen LogP contribution is -2.49. The van der Waals surface area contributed by atoms with Gasteiger partial charge in [-0.15, -0.1) is 0 Å². The molecule has 3 aromatic rings. The number of piperazine rings is 1. The Bertz CT molecular complexity index is 1120. The average Bonchev–Trinajstić information content (AvgIpc) is 3.24. The van der Waals surface area contributed by atoms with Crippen LogP contribution < -0.4 is 4.90 Å². The minimum Gasteiger partial charge on any atom is -0.456 e. The van der Waals surface area contributed by atoms with Crippen molar-refractivity contribution in [2.75, 3.05) is 37.7 Å². The largest absolute Gasteiger partial charge is 0.456 e. The van der Waals surface area contributed by atoms with Crippen LogP contribution in [0.15, 0.2) is 60.8 Å². The molecule has 1 amide bonds. The summed E-state index contributed by atoms with van der Waals surface area (Å²) in [5, 5.41) is 11.9. The number of amides is 1. The Balaban J connectivity index is 1.20. The van der Waals surface area contributed by atoms with Crippen LogP contribution in [0.4, 0.5) is 11.4 Å². The van der Waals surface area contributed by atoms with Gasteiger partial charge in [-0.2, -0.15) is 0 Å². The molecule has 2 aromatic carbocycles. The number of carbonyl (C=O) groups excluding carboxylic acids is 2. The number of para-hydroxylation sites is 1. The zero-order valence-corrected chi connectivity index (χ0v) is 17.6. The highest BCUT2D eigenvalue weighted by atomic mass is 16.6. The maximum absolute atomic E-state index is 12.4. The fourth-order valence-corrected chi connectivity index (χ4v) is 3.85. The van der Waals surface area contributed by atoms with E-state index >= 15 is 0 Å². The molecule has 0 N–H and O–H groups in total. The number of ether oxygens (including phenoxy) is 1. The molecule has 0 bridgehead atoms. The number of benzene rings is 2. The number of nitro groups is 1. The third-order valence-corrected chi connectivity index (χ3v) is 5.65. The fourth-order valence-electron chi connectivity index (χ4n) is 3.85. The highest BCUT2D eigenvalue weighted by Gasteiger charge is 2.22. The van der Waals surface area contributed by atoms with Crippen LogP contribution in [0.3, 0.4) is 0 Å². The van der Waals surface area contributed by atoms with Crippen LogP contribution in [-0.2, 0) is 20.9 Å². The number of fused-ring (bicyclic) bond motifs is 1. The SMILES string of the molecule is O=C(CCn1ccc2ccccc21)OCC(=O)N1CCN(c2ccc([N+](=O)[O-])cc2)CC1. The summed E-state index contributed by atoms with van der Waals surface area (Å²) >= 11 is 0. The molecule has 9 nitrogen and oxygen atoms in total. The molecular formula is C23H24N4O5. The van der Waals surface area contributed by atoms with Crippen molar-refractivity contribution in [1.29, 1.82) is 0 Å². The van der Waals surface area contributed by atoms with E-state index in [-0.39, 0.29) is 24.6 Å². The molecule has 0 atom stereocenters. The molecule has 1 saturated heterocycles. The van der Waals surface area contributed by atoms with Crippen LogP contribution in [0, 0.1) is 10.1 Å². The zero-order chi connectivity index (χ0) is 22.5. The van der Waals surface area contributed by atoms with Gasteiger partial charge >= 0.3 is 5.97 Å². The van der Waals surface area contributed by atoms with Crippen molar-refractivity contribution >= 4 is 34.2 Å². The fraction of sp³-hybridized carbons (Fsp3) is 0.304. The van der Waals surface area contributed by atoms with Gasteiger partial charge in [0.1, 0.15) is 0 Å². The summed E-state index contributed by atoms with van der Waals surface area (Å²) in [7, 11) is 0. The highest BCUT2D eigenvalue weighted by Crippen LogP contribution is 2.21. The number of hydrogen-bond donors (Lipinski definition) is 0. The minimum atomic E-state index is -0.428. The maximum atomic E-state index is 12.4. The molecule has 4 rings (SSSR count). The van der Waals surface area contributed by atoms with Crippen LogP contribution in [0.1, 0.15) is 6.42 Å². The van der Waals surface area contributed by atoms with Gasteiger partial charge in [0.15, 0.2) is 6.61 Å². The van der Waals surface area contributed by atoms with Crippen molar-refractivity contribution in [2.24, 2.45) is 0 Å². The first kappa shape index (κ1) is 21.4. The summed E-state index contributed by atoms with van der Waals surface area (Å²) in [6.07, 6.45) is 2.13. The van der Waals surface area contributed by atoms with Gasteiger partial charge in [-0.05, 0) is 29.7 Å². The van der Waals surface area contributed by atoms with Gasteiger partial charge < -0.3 is 19.1 Å². The first-order valence-electron chi connectivity index (χ1n) is 10.5. The molecule has 1 fully saturated rings. The van der Waals surface area contributed by atoms with Gasteiger partial charge in [-0.3, -0.25) is 19.7 Å². The number of nitro benzene ring substituents is 1. The number of rotatable bonds is 7. The second-order valence-electron chi connectivity index (χ2n) is 7.62. The standard InChI is InChI=1S/C23H24N4O5/c28-22(17-32-23(29)10-12-25-11-9-18-3-1-2-4-21(18)25)26-15-13-24(14-16-26)19-5-7-20(8-6-19)27(30)31/h1-9,11H,10,12-17H2. The van der Waals surface area contributed by atoms with Gasteiger partial charge in [0, 0.05) is 62.3 Å². The quantitative estimate of drug-likeness (QED) is 0.321. The summed E-state index contributed by atoms with van der Waals surface area (Å²) in [5.74, 6) is -0.617. The third-order valence-electron chi connectivity index (χ3n) is 5.65. The second-order valence-corrected chi connectivity index (χ2v) is 7.62. The molecule has 1 aliphatic rings. The number of non-ortho nitro benzene ring substituents is 1. The highest BCUT2D eigenvalue weighted by molar-refractivity contribution is 5.82. The van der Waals surface area contributed by atoms with E-state index < -0.39 is 10.9 Å². The van der Waals surface area contributed by atoms with Gasteiger partial charge in [-0.25, -0.2) is 0 Å². The molecule has 0 saturated carbocycles. The average molecular weight is 436 g/mol. The Morgan fingerprint density at radius 3 is 2.41 bits per heavy atom. The summed E-state index contributed by atoms with van der Waals surface area (Å²) in [5.41, 5.74) is 1.99. The van der Waals surface area contributed by atoms with E-state index in [1.807, 2.05) is 41.1 Å². The van der Waals surface area contributed by atoms with Gasteiger partial charge in [0.2, 0.25) is 0 Å². The summed E-state index contributed by atoms with van der Waals surface area (Å²) < 4.78 is 7.19. The van der Waals surface area contributed by atoms with E-state index in [1.54, 1.807) is 17.0 Å². The molecule has 0 aliphatic carbocycles. The van der Waals surface area contributed by atoms with Gasteiger partial charge in [0.05, 0.1) is 11.3 Å². The molecule has 0 radical (unpaired) electrons. The van der Waals surface area contributed by atoms with E-state index in [1.165, 1.54) is 12.1 Å². The van der Waals surface area contributed by atoms with Crippen molar-refractivity contribution < 1.29 is 19.2 Å². The van der Waals surface area contributed by atoms with Crippen LogP contribution in [-0.4, -0.2) is 59.1 Å². The normalized spacial score (nSPS) is 13.9. The molecule has 0 unspecified atom stereocenters. The van der Waals surface area contributed by atoms with E-state index in [2.05, 4.69) is 4.90 Å². The van der Waals surface area contributed by atoms with E-state index in [0.29, 0.717) is 32.7 Å². The number of hydrogen-bond acceptors (Lipinski definition) is 6. The van der Waals surface area contributed by atoms with Crippen molar-refractivity contribution in [3.05, 3.63) is 70.9 Å². The predicted molar refractivity (Wildman–Crippen MR) is 119 cm³/mol. The summed E-state index contributed by atoms with van der Waals surface area (Å²) in [6, 6.07) is 16.3. The number of carbonyl (C=O) groups is 2. The van der Waals surface area contributed by atoms with Crippen molar-refractivity contribution in [1.82, 2.24) is 9.47 Å². The Hall–Kier alpha value is -3.88. The Morgan fingerprint density at radius 2 is 1.69 bits per heavy atom. The molecule has 1 aliphatic heterocycles. The smallest absolute Gasteiger partial charge is 0.308 e. The molecule has 9 heteroatoms. The van der Waals surface area contributed by atoms with Crippen LogP contribution >= 0.6 is 0 Å². The Kier molecular flexibility index (Phi) is 6.34. The lowest BCUT2D eigenvalue weighted by molar-refractivity contribution is -0.384. The Morgan fingerprint density at radius 1 is 0.969 bits per heavy atom. The summed E-state index contributed by atoms with van der Waals surface area (Å²) in [6.45, 7) is 2.46. The van der Waals surface area contributed by atoms with E-state index in [4.69, 9.17) is 4.74 Å². The van der Waals surface area contributed by atoms with Crippen LogP contribution in [0.2, 0.25) is 0 Å². The second kappa shape index (κ2) is 9.51. The zero-order valence-electron chi connectivity index (χ0n) is 17.6. The monoisotopic (exact) mass is 436 g/mol. The van der Waals surface area contributed by atoms with Crippen molar-refractivity contribution in [2.45, 2.75) is 13.0 Å². The van der Waals surface area contributed by atoms with Crippen molar-refractivity contribution in [3.8, 4) is 0 Å². The molecule has 166 valence electrons. The number of aryl methyl sites for hydroxylation is 1. The lowest BCUT2D eigenvalue weighted by atomic mass is 10.2. The predicted octanol–water partition coefficient (Wildman–Crippen LogP) is 2.83. The topological polar surface area (TPSA) is 97.9 Å². The molecule has 0 spiro atoms. The summed E-state index contributed by atoms with van der Waals surface area (Å²) in [4.78, 5) is 38.6. The van der Waals surface area contributed by atoms with E-state index in [9.17, 15) is 19.7 Å². The van der Waals surface area contributed by atoms with E-state index in [0.717, 1.165) is 16.6 Å². The molecular weight excluding hydrogens is 412 g/mol. The van der Waals surface area contributed by atoms with Crippen LogP contribution in [0.5, 0.6) is 0 Å². The first-order chi connectivity index (χ1) is 15.5. The number of esters is 1. The van der Waals surface area contributed by atoms with Gasteiger partial charge in [-0.1, -0.05) is 18.2 Å². The number of anilines is 1.